The van der Waals surface area contributed by atoms with Crippen LogP contribution < -0.4 is 10.5 Å². The maximum Gasteiger partial charge on any atom is 0.226 e. The molecule has 0 aliphatic heterocycles. The van der Waals surface area contributed by atoms with Gasteiger partial charge in [0.25, 0.3) is 0 Å². The number of nitrogen functional groups attached to an aromatic ring is 1. The predicted molar refractivity (Wildman–Crippen MR) is 86.8 cm³/mol. The van der Waals surface area contributed by atoms with Crippen molar-refractivity contribution in [1.29, 1.82) is 0 Å². The molecule has 1 aromatic heterocycles. The Labute approximate surface area is 133 Å². The van der Waals surface area contributed by atoms with Gasteiger partial charge in [0.2, 0.25) is 5.91 Å². The minimum atomic E-state index is 0.0222. The van der Waals surface area contributed by atoms with Crippen molar-refractivity contribution in [3.63, 3.8) is 0 Å². The maximum absolute atomic E-state index is 12.0. The zero-order valence-electron chi connectivity index (χ0n) is 11.7. The summed E-state index contributed by atoms with van der Waals surface area (Å²) in [6.45, 7) is 0.867. The molecule has 21 heavy (non-hydrogen) atoms. The van der Waals surface area contributed by atoms with Crippen LogP contribution in [0.25, 0.3) is 0 Å². The number of ether oxygens (including phenoxy) is 1. The fraction of sp³-hybridized carbons (Fsp3) is 0.267. The zero-order chi connectivity index (χ0) is 15.2. The number of nitrogens with zero attached hydrogens (tertiary/aromatic N) is 1. The predicted octanol–water partition coefficient (Wildman–Crippen LogP) is 3.41. The van der Waals surface area contributed by atoms with Gasteiger partial charge in [0.15, 0.2) is 0 Å². The molecule has 0 bridgehead atoms. The molecule has 0 unspecified atom stereocenters. The number of carbonyl (C=O) groups excluding carboxylic acids is 1. The van der Waals surface area contributed by atoms with Crippen molar-refractivity contribution in [3.05, 3.63) is 45.6 Å². The maximum atomic E-state index is 12.0. The second-order valence-electron chi connectivity index (χ2n) is 4.59. The molecule has 0 atom stereocenters. The minimum Gasteiger partial charge on any atom is -0.491 e. The Morgan fingerprint density at radius 1 is 1.33 bits per heavy atom. The van der Waals surface area contributed by atoms with Gasteiger partial charge in [0, 0.05) is 11.9 Å². The molecule has 1 amide bonds. The summed E-state index contributed by atoms with van der Waals surface area (Å²) in [6.07, 6.45) is 0.309. The number of nitrogens with two attached hydrogens (primary N) is 1. The van der Waals surface area contributed by atoms with Crippen LogP contribution in [-0.2, 0) is 11.3 Å². The molecular weight excluding hydrogens is 308 g/mol. The number of rotatable bonds is 6. The van der Waals surface area contributed by atoms with E-state index >= 15 is 0 Å². The molecule has 0 spiro atoms. The zero-order valence-corrected chi connectivity index (χ0v) is 13.3. The third-order valence-electron chi connectivity index (χ3n) is 2.94. The average Bonchev–Trinajstić information content (AvgIpc) is 2.86. The van der Waals surface area contributed by atoms with E-state index in [1.54, 1.807) is 24.1 Å². The lowest BCUT2D eigenvalue weighted by Crippen LogP contribution is -2.27. The van der Waals surface area contributed by atoms with Crippen LogP contribution in [0.3, 0.4) is 0 Å². The molecule has 0 aliphatic carbocycles. The van der Waals surface area contributed by atoms with Crippen molar-refractivity contribution in [2.45, 2.75) is 13.0 Å². The molecule has 0 fully saturated rings. The summed E-state index contributed by atoms with van der Waals surface area (Å²) in [4.78, 5) is 14.7. The molecule has 1 aromatic carbocycles. The van der Waals surface area contributed by atoms with Gasteiger partial charge in [-0.15, -0.1) is 11.3 Å². The first-order valence-electron chi connectivity index (χ1n) is 6.52. The Bertz CT molecular complexity index is 615. The number of amides is 1. The van der Waals surface area contributed by atoms with Crippen molar-refractivity contribution in [2.24, 2.45) is 0 Å². The second-order valence-corrected chi connectivity index (χ2v) is 6.39. The third kappa shape index (κ3) is 4.65. The first kappa shape index (κ1) is 15.7. The molecule has 2 N–H and O–H groups in total. The van der Waals surface area contributed by atoms with Crippen LogP contribution in [0.5, 0.6) is 5.75 Å². The number of thiophene rings is 1. The third-order valence-corrected chi connectivity index (χ3v) is 4.16. The average molecular weight is 325 g/mol. The first-order valence-corrected chi connectivity index (χ1v) is 7.71. The van der Waals surface area contributed by atoms with Gasteiger partial charge in [-0.2, -0.15) is 0 Å². The SMILES string of the molecule is CN(Cc1ccc(Cl)s1)C(=O)CCOc1ccccc1N. The van der Waals surface area contributed by atoms with Gasteiger partial charge in [-0.3, -0.25) is 4.79 Å². The minimum absolute atomic E-state index is 0.0222. The molecule has 1 heterocycles. The molecule has 112 valence electrons. The number of halogens is 1. The van der Waals surface area contributed by atoms with Crippen molar-refractivity contribution >= 4 is 34.5 Å². The number of para-hydroxylation sites is 2. The van der Waals surface area contributed by atoms with E-state index in [2.05, 4.69) is 0 Å². The lowest BCUT2D eigenvalue weighted by atomic mass is 10.3. The van der Waals surface area contributed by atoms with E-state index in [1.807, 2.05) is 24.3 Å². The van der Waals surface area contributed by atoms with Gasteiger partial charge >= 0.3 is 0 Å². The van der Waals surface area contributed by atoms with E-state index in [0.717, 1.165) is 9.21 Å². The van der Waals surface area contributed by atoms with E-state index in [9.17, 15) is 4.79 Å². The van der Waals surface area contributed by atoms with Crippen molar-refractivity contribution in [3.8, 4) is 5.75 Å². The van der Waals surface area contributed by atoms with Crippen molar-refractivity contribution in [2.75, 3.05) is 19.4 Å². The van der Waals surface area contributed by atoms with Crippen LogP contribution in [0, 0.1) is 0 Å². The van der Waals surface area contributed by atoms with Crippen molar-refractivity contribution in [1.82, 2.24) is 4.90 Å². The largest absolute Gasteiger partial charge is 0.491 e. The lowest BCUT2D eigenvalue weighted by Gasteiger charge is -2.16. The Hall–Kier alpha value is -1.72. The van der Waals surface area contributed by atoms with Gasteiger partial charge in [0.05, 0.1) is 29.6 Å². The fourth-order valence-electron chi connectivity index (χ4n) is 1.81. The molecule has 0 aliphatic rings. The van der Waals surface area contributed by atoms with Gasteiger partial charge in [0.1, 0.15) is 5.75 Å². The van der Waals surface area contributed by atoms with Crippen LogP contribution >= 0.6 is 22.9 Å². The Morgan fingerprint density at radius 2 is 2.10 bits per heavy atom. The molecule has 2 aromatic rings. The topological polar surface area (TPSA) is 55.6 Å². The lowest BCUT2D eigenvalue weighted by molar-refractivity contribution is -0.130. The van der Waals surface area contributed by atoms with E-state index in [1.165, 1.54) is 11.3 Å². The second kappa shape index (κ2) is 7.33. The van der Waals surface area contributed by atoms with Gasteiger partial charge < -0.3 is 15.4 Å². The summed E-state index contributed by atoms with van der Waals surface area (Å²) >= 11 is 7.35. The molecule has 0 saturated heterocycles. The first-order chi connectivity index (χ1) is 10.1. The van der Waals surface area contributed by atoms with Gasteiger partial charge in [-0.1, -0.05) is 23.7 Å². The smallest absolute Gasteiger partial charge is 0.226 e. The van der Waals surface area contributed by atoms with Crippen LogP contribution in [0.2, 0.25) is 4.34 Å². The van der Waals surface area contributed by atoms with Crippen molar-refractivity contribution < 1.29 is 9.53 Å². The molecule has 0 radical (unpaired) electrons. The highest BCUT2D eigenvalue weighted by atomic mass is 35.5. The molecule has 6 heteroatoms. The number of hydrogen-bond acceptors (Lipinski definition) is 4. The molecule has 0 saturated carbocycles. The summed E-state index contributed by atoms with van der Waals surface area (Å²) in [5, 5.41) is 0. The highest BCUT2D eigenvalue weighted by Gasteiger charge is 2.11. The number of anilines is 1. The quantitative estimate of drug-likeness (QED) is 0.828. The van der Waals surface area contributed by atoms with E-state index in [-0.39, 0.29) is 5.91 Å². The van der Waals surface area contributed by atoms with Crippen LogP contribution in [0.15, 0.2) is 36.4 Å². The Kier molecular flexibility index (Phi) is 5.47. The fourth-order valence-corrected chi connectivity index (χ4v) is 2.95. The molecule has 2 rings (SSSR count). The number of carbonyl (C=O) groups is 1. The monoisotopic (exact) mass is 324 g/mol. The van der Waals surface area contributed by atoms with E-state index in [4.69, 9.17) is 22.1 Å². The van der Waals surface area contributed by atoms with Crippen LogP contribution in [-0.4, -0.2) is 24.5 Å². The normalized spacial score (nSPS) is 10.4. The highest BCUT2D eigenvalue weighted by molar-refractivity contribution is 7.16. The number of benzene rings is 1. The summed E-state index contributed by atoms with van der Waals surface area (Å²) in [6, 6.07) is 11.0. The summed E-state index contributed by atoms with van der Waals surface area (Å²) < 4.78 is 6.25. The molecular formula is C15H17ClN2O2S. The van der Waals surface area contributed by atoms with E-state index < -0.39 is 0 Å². The van der Waals surface area contributed by atoms with Crippen LogP contribution in [0.4, 0.5) is 5.69 Å². The Morgan fingerprint density at radius 3 is 2.76 bits per heavy atom. The van der Waals surface area contributed by atoms with Gasteiger partial charge in [-0.05, 0) is 24.3 Å². The highest BCUT2D eigenvalue weighted by Crippen LogP contribution is 2.23. The molecule has 4 nitrogen and oxygen atoms in total. The van der Waals surface area contributed by atoms with E-state index in [0.29, 0.717) is 31.0 Å². The van der Waals surface area contributed by atoms with Gasteiger partial charge in [-0.25, -0.2) is 0 Å². The summed E-state index contributed by atoms with van der Waals surface area (Å²) in [7, 11) is 1.77. The standard InChI is InChI=1S/C15H17ClN2O2S/c1-18(10-11-6-7-14(16)21-11)15(19)8-9-20-13-5-3-2-4-12(13)17/h2-7H,8-10,17H2,1H3. The summed E-state index contributed by atoms with van der Waals surface area (Å²) in [5.74, 6) is 0.631. The number of hydrogen-bond donors (Lipinski definition) is 1. The van der Waals surface area contributed by atoms with Crippen LogP contribution in [0.1, 0.15) is 11.3 Å². The Balaban J connectivity index is 1.77. The summed E-state index contributed by atoms with van der Waals surface area (Å²) in [5.41, 5.74) is 6.35.